The molecule has 0 bridgehead atoms. The van der Waals surface area contributed by atoms with Crippen molar-refractivity contribution in [2.24, 2.45) is 0 Å². The molecule has 0 saturated carbocycles. The Hall–Kier alpha value is -10.5. The van der Waals surface area contributed by atoms with Gasteiger partial charge in [0.15, 0.2) is 8.07 Å². The lowest BCUT2D eigenvalue weighted by Gasteiger charge is -2.35. The molecule has 17 aromatic rings. The number of imidazole rings is 2. The van der Waals surface area contributed by atoms with Crippen molar-refractivity contribution in [2.45, 2.75) is 0 Å². The van der Waals surface area contributed by atoms with E-state index in [9.17, 15) is 0 Å². The van der Waals surface area contributed by atoms with Crippen molar-refractivity contribution in [2.75, 3.05) is 0 Å². The number of para-hydroxylation sites is 7. The maximum atomic E-state index is 5.45. The standard InChI is InChI=1S/C73H48N6Si/c1-3-23-53(24-4-1)80(54-25-5-2-6-26-54,55-27-19-21-49(45-55)75-68-39-17-11-33-61(68)62-47-51(41-43-69(62)75)76-64-35-13-7-29-57(64)58-30-8-14-36-65(58)76)56-28-20-22-50(46-56)78-71-44-42-52(48-72(71)79-70-40-18-12-34-63(70)74-73(78)79)77-66-37-15-9-31-59(66)60-32-10-16-38-67(60)77/h1-48H. The summed E-state index contributed by atoms with van der Waals surface area (Å²) in [5, 5.41) is 12.6. The summed E-state index contributed by atoms with van der Waals surface area (Å²) in [5.41, 5.74) is 15.7. The Balaban J connectivity index is 0.884. The normalized spacial score (nSPS) is 12.2. The molecule has 80 heavy (non-hydrogen) atoms. The van der Waals surface area contributed by atoms with Gasteiger partial charge in [-0.15, -0.1) is 0 Å². The van der Waals surface area contributed by atoms with Gasteiger partial charge in [0, 0.05) is 55.1 Å². The highest BCUT2D eigenvalue weighted by atomic mass is 28.3. The molecule has 0 amide bonds. The molecule has 0 aliphatic carbocycles. The Morgan fingerprint density at radius 1 is 0.225 bits per heavy atom. The Morgan fingerprint density at radius 3 is 1.09 bits per heavy atom. The molecule has 0 fully saturated rings. The highest BCUT2D eigenvalue weighted by Crippen LogP contribution is 2.39. The monoisotopic (exact) mass is 1040 g/mol. The van der Waals surface area contributed by atoms with E-state index in [1.54, 1.807) is 0 Å². The molecule has 0 aliphatic rings. The molecule has 5 heterocycles. The van der Waals surface area contributed by atoms with Crippen LogP contribution in [0.5, 0.6) is 0 Å². The van der Waals surface area contributed by atoms with Gasteiger partial charge in [-0.1, -0.05) is 188 Å². The fourth-order valence-corrected chi connectivity index (χ4v) is 18.5. The van der Waals surface area contributed by atoms with E-state index in [1.807, 2.05) is 0 Å². The van der Waals surface area contributed by atoms with Crippen LogP contribution in [0.3, 0.4) is 0 Å². The third kappa shape index (κ3) is 6.32. The summed E-state index contributed by atoms with van der Waals surface area (Å²) in [6.45, 7) is 0. The van der Waals surface area contributed by atoms with Crippen LogP contribution in [0.25, 0.3) is 116 Å². The quantitative estimate of drug-likeness (QED) is 0.110. The predicted octanol–water partition coefficient (Wildman–Crippen LogP) is 15.1. The zero-order chi connectivity index (χ0) is 52.5. The molecular formula is C73H48N6Si. The first-order chi connectivity index (χ1) is 39.7. The van der Waals surface area contributed by atoms with Crippen LogP contribution in [0.15, 0.2) is 291 Å². The first-order valence-corrected chi connectivity index (χ1v) is 29.5. The van der Waals surface area contributed by atoms with Crippen molar-refractivity contribution in [3.63, 3.8) is 0 Å². The van der Waals surface area contributed by atoms with Crippen molar-refractivity contribution < 1.29 is 0 Å². The number of rotatable bonds is 8. The van der Waals surface area contributed by atoms with Crippen LogP contribution >= 0.6 is 0 Å². The summed E-state index contributed by atoms with van der Waals surface area (Å²) in [5.74, 6) is 0.874. The van der Waals surface area contributed by atoms with Gasteiger partial charge in [-0.05, 0) is 124 Å². The Bertz CT molecular complexity index is 5180. The molecule has 0 atom stereocenters. The second-order valence-electron chi connectivity index (χ2n) is 21.1. The fraction of sp³-hybridized carbons (Fsp3) is 0. The lowest BCUT2D eigenvalue weighted by molar-refractivity contribution is 1.11. The van der Waals surface area contributed by atoms with E-state index in [4.69, 9.17) is 4.98 Å². The van der Waals surface area contributed by atoms with E-state index < -0.39 is 8.07 Å². The molecule has 7 heteroatoms. The molecule has 0 aliphatic heterocycles. The van der Waals surface area contributed by atoms with Gasteiger partial charge in [-0.25, -0.2) is 4.98 Å². The molecule has 12 aromatic carbocycles. The average Bonchev–Trinajstić information content (AvgIpc) is 4.50. The van der Waals surface area contributed by atoms with Crippen LogP contribution in [0.4, 0.5) is 0 Å². The third-order valence-corrected chi connectivity index (χ3v) is 21.8. The van der Waals surface area contributed by atoms with E-state index >= 15 is 0 Å². The highest BCUT2D eigenvalue weighted by Gasteiger charge is 2.42. The minimum Gasteiger partial charge on any atom is -0.309 e. The van der Waals surface area contributed by atoms with Gasteiger partial charge in [0.2, 0.25) is 5.78 Å². The van der Waals surface area contributed by atoms with E-state index in [-0.39, 0.29) is 0 Å². The minimum absolute atomic E-state index is 0.874. The van der Waals surface area contributed by atoms with Crippen molar-refractivity contribution in [3.05, 3.63) is 291 Å². The Labute approximate surface area is 461 Å². The smallest absolute Gasteiger partial charge is 0.220 e. The number of hydrogen-bond donors (Lipinski definition) is 0. The summed E-state index contributed by atoms with van der Waals surface area (Å²) in [7, 11) is -3.15. The lowest BCUT2D eigenvalue weighted by Crippen LogP contribution is -2.74. The van der Waals surface area contributed by atoms with Crippen LogP contribution < -0.4 is 20.7 Å². The number of nitrogens with zero attached hydrogens (tertiary/aromatic N) is 6. The fourth-order valence-electron chi connectivity index (χ4n) is 13.7. The molecule has 5 aromatic heterocycles. The average molecular weight is 1040 g/mol. The molecule has 0 spiro atoms. The summed E-state index contributed by atoms with van der Waals surface area (Å²) in [6.07, 6.45) is 0. The van der Waals surface area contributed by atoms with Gasteiger partial charge in [0.1, 0.15) is 0 Å². The van der Waals surface area contributed by atoms with E-state index in [0.717, 1.165) is 50.6 Å². The zero-order valence-corrected chi connectivity index (χ0v) is 44.4. The third-order valence-electron chi connectivity index (χ3n) is 17.0. The van der Waals surface area contributed by atoms with Gasteiger partial charge in [-0.3, -0.25) is 8.97 Å². The number of hydrogen-bond acceptors (Lipinski definition) is 1. The van der Waals surface area contributed by atoms with Crippen molar-refractivity contribution in [1.82, 2.24) is 27.7 Å². The summed E-state index contributed by atoms with van der Waals surface area (Å²) < 4.78 is 12.0. The van der Waals surface area contributed by atoms with Gasteiger partial charge >= 0.3 is 0 Å². The maximum Gasteiger partial charge on any atom is 0.220 e. The zero-order valence-electron chi connectivity index (χ0n) is 43.4. The summed E-state index contributed by atoms with van der Waals surface area (Å²) in [6, 6.07) is 108. The lowest BCUT2D eigenvalue weighted by atomic mass is 10.1. The van der Waals surface area contributed by atoms with Gasteiger partial charge in [0.25, 0.3) is 0 Å². The van der Waals surface area contributed by atoms with Crippen molar-refractivity contribution in [3.8, 4) is 22.7 Å². The second-order valence-corrected chi connectivity index (χ2v) is 24.9. The number of aromatic nitrogens is 6. The van der Waals surface area contributed by atoms with Crippen LogP contribution in [0.1, 0.15) is 0 Å². The SMILES string of the molecule is c1ccc([Si](c2ccccc2)(c2cccc(-n3c4ccccc4c4cc(-n5c6ccccc6c6ccccc65)ccc43)c2)c2cccc(-n3c4ccc(-n5c6ccccc6c6ccccc65)cc4n4c5ccccc5nc34)c2)cc1. The van der Waals surface area contributed by atoms with Gasteiger partial charge < -0.3 is 13.7 Å². The topological polar surface area (TPSA) is 37.0 Å². The molecular weight excluding hydrogens is 989 g/mol. The van der Waals surface area contributed by atoms with Crippen LogP contribution in [0.2, 0.25) is 0 Å². The first-order valence-electron chi connectivity index (χ1n) is 27.5. The van der Waals surface area contributed by atoms with Crippen LogP contribution in [-0.2, 0) is 0 Å². The Kier molecular flexibility index (Phi) is 9.63. The molecule has 374 valence electrons. The van der Waals surface area contributed by atoms with E-state index in [2.05, 4.69) is 314 Å². The molecule has 6 nitrogen and oxygen atoms in total. The predicted molar refractivity (Wildman–Crippen MR) is 336 cm³/mol. The van der Waals surface area contributed by atoms with Crippen molar-refractivity contribution in [1.29, 1.82) is 0 Å². The van der Waals surface area contributed by atoms with Gasteiger partial charge in [0.05, 0.1) is 55.2 Å². The van der Waals surface area contributed by atoms with E-state index in [1.165, 1.54) is 86.2 Å². The van der Waals surface area contributed by atoms with Crippen LogP contribution in [-0.4, -0.2) is 35.7 Å². The summed E-state index contributed by atoms with van der Waals surface area (Å²) >= 11 is 0. The molecule has 0 radical (unpaired) electrons. The molecule has 17 rings (SSSR count). The number of fused-ring (bicyclic) bond motifs is 14. The Morgan fingerprint density at radius 2 is 0.588 bits per heavy atom. The summed E-state index contributed by atoms with van der Waals surface area (Å²) in [4.78, 5) is 5.45. The van der Waals surface area contributed by atoms with Gasteiger partial charge in [-0.2, -0.15) is 0 Å². The molecule has 0 unspecified atom stereocenters. The maximum absolute atomic E-state index is 5.45. The minimum atomic E-state index is -3.15. The number of benzene rings is 12. The highest BCUT2D eigenvalue weighted by molar-refractivity contribution is 7.20. The molecule has 0 saturated heterocycles. The van der Waals surface area contributed by atoms with E-state index in [0.29, 0.717) is 0 Å². The first kappa shape index (κ1) is 44.6. The van der Waals surface area contributed by atoms with Crippen LogP contribution in [0, 0.1) is 0 Å². The second kappa shape index (κ2) is 17.3. The van der Waals surface area contributed by atoms with Crippen molar-refractivity contribution >= 4 is 122 Å². The largest absolute Gasteiger partial charge is 0.309 e. The molecule has 0 N–H and O–H groups in total.